The van der Waals surface area contributed by atoms with E-state index in [0.29, 0.717) is 0 Å². The summed E-state index contributed by atoms with van der Waals surface area (Å²) in [5.41, 5.74) is 0.108. The number of hydrogen-bond donors (Lipinski definition) is 12. The standard InChI is InChI=1S/C44H52N12O16S4.Na.H/c1-25(57)21-55(22-26(2)58)43-51-39(45-31-11-15-35(16-12-31)73(61,62)63)49-41(53-43)47-33-9-7-29(37(19-33)75(67,68)69)5-6-30-8-10-34(20-38(30)76(70,71)72)48-42-50-40(46-32-13-17-36(18-14-32)74(64,65)66)52-44(54-42)56(23-27(3)59)24-28(4)60;;/h5-20,25-28,57-60H,21-24H2,1-4H3,(H,61,62,63)(H,64,65,66)(H,67,68,69)(H,70,71,72)(H2,45,47,49,51,53)(H2,46,48,50,52,54);;/q;+1;-1. The molecular formula is C44H53N12NaO16S4. The summed E-state index contributed by atoms with van der Waals surface area (Å²) in [6.45, 7) is 5.67. The minimum absolute atomic E-state index is 0. The van der Waals surface area contributed by atoms with Crippen LogP contribution < -0.4 is 60.6 Å². The summed E-state index contributed by atoms with van der Waals surface area (Å²) in [4.78, 5) is 26.9. The molecule has 12 N–H and O–H groups in total. The van der Waals surface area contributed by atoms with Gasteiger partial charge >= 0.3 is 29.6 Å². The van der Waals surface area contributed by atoms with Gasteiger partial charge in [0.25, 0.3) is 40.5 Å². The van der Waals surface area contributed by atoms with Gasteiger partial charge in [0.2, 0.25) is 35.7 Å². The van der Waals surface area contributed by atoms with Crippen molar-refractivity contribution in [3.63, 3.8) is 0 Å². The van der Waals surface area contributed by atoms with E-state index in [4.69, 9.17) is 0 Å². The number of rotatable bonds is 24. The molecule has 0 saturated heterocycles. The minimum Gasteiger partial charge on any atom is -1.00 e. The van der Waals surface area contributed by atoms with Crippen molar-refractivity contribution < 1.29 is 103 Å². The van der Waals surface area contributed by atoms with Crippen LogP contribution in [0.15, 0.2) is 105 Å². The quantitative estimate of drug-likeness (QED) is 0.0222. The molecule has 0 radical (unpaired) electrons. The van der Waals surface area contributed by atoms with Gasteiger partial charge in [0.15, 0.2) is 0 Å². The first kappa shape index (κ1) is 61.8. The van der Waals surface area contributed by atoms with Crippen LogP contribution in [-0.4, -0.2) is 153 Å². The van der Waals surface area contributed by atoms with Gasteiger partial charge in [-0.1, -0.05) is 24.3 Å². The molecule has 0 spiro atoms. The Hall–Kier alpha value is -6.08. The number of nitrogens with one attached hydrogen (secondary N) is 4. The van der Waals surface area contributed by atoms with Crippen LogP contribution in [0.3, 0.4) is 0 Å². The van der Waals surface area contributed by atoms with E-state index in [2.05, 4.69) is 51.2 Å². The molecule has 2 heterocycles. The predicted molar refractivity (Wildman–Crippen MR) is 279 cm³/mol. The monoisotopic (exact) mass is 1160 g/mol. The van der Waals surface area contributed by atoms with Crippen LogP contribution in [0.2, 0.25) is 0 Å². The average Bonchev–Trinajstić information content (AvgIpc) is 3.29. The Morgan fingerprint density at radius 3 is 0.935 bits per heavy atom. The molecule has 6 rings (SSSR count). The Kier molecular flexibility index (Phi) is 20.5. The van der Waals surface area contributed by atoms with Crippen molar-refractivity contribution in [1.29, 1.82) is 0 Å². The van der Waals surface area contributed by atoms with Crippen LogP contribution >= 0.6 is 0 Å². The Balaban J connectivity index is 0.00000656. The summed E-state index contributed by atoms with van der Waals surface area (Å²) in [7, 11) is -19.1. The van der Waals surface area contributed by atoms with Crippen LogP contribution in [0, 0.1) is 0 Å². The van der Waals surface area contributed by atoms with Crippen molar-refractivity contribution in [2.75, 3.05) is 57.2 Å². The van der Waals surface area contributed by atoms with Gasteiger partial charge in [-0.25, -0.2) is 0 Å². The Bertz CT molecular complexity index is 3300. The molecule has 33 heteroatoms. The Labute approximate surface area is 466 Å². The second-order valence-corrected chi connectivity index (χ2v) is 22.7. The molecule has 410 valence electrons. The van der Waals surface area contributed by atoms with E-state index in [1.807, 2.05) is 0 Å². The van der Waals surface area contributed by atoms with E-state index < -0.39 is 84.5 Å². The molecule has 0 amide bonds. The maximum absolute atomic E-state index is 12.9. The van der Waals surface area contributed by atoms with E-state index in [0.717, 1.165) is 48.6 Å². The molecule has 28 nitrogen and oxygen atoms in total. The molecule has 0 aliphatic rings. The summed E-state index contributed by atoms with van der Waals surface area (Å²) in [5.74, 6) is -0.949. The Morgan fingerprint density at radius 1 is 0.429 bits per heavy atom. The summed E-state index contributed by atoms with van der Waals surface area (Å²) < 4.78 is 137. The molecular weight excluding hydrogens is 1100 g/mol. The third-order valence-corrected chi connectivity index (χ3v) is 13.7. The summed E-state index contributed by atoms with van der Waals surface area (Å²) in [5, 5.41) is 52.3. The van der Waals surface area contributed by atoms with E-state index in [1.54, 1.807) is 0 Å². The smallest absolute Gasteiger partial charge is 1.00 e. The van der Waals surface area contributed by atoms with Gasteiger partial charge in [0.1, 0.15) is 9.79 Å². The van der Waals surface area contributed by atoms with Crippen LogP contribution in [0.1, 0.15) is 40.2 Å². The van der Waals surface area contributed by atoms with E-state index in [9.17, 15) is 72.3 Å². The van der Waals surface area contributed by atoms with Crippen molar-refractivity contribution in [1.82, 2.24) is 29.9 Å². The molecule has 4 atom stereocenters. The van der Waals surface area contributed by atoms with Crippen LogP contribution in [0.5, 0.6) is 0 Å². The molecule has 2 aromatic heterocycles. The summed E-state index contributed by atoms with van der Waals surface area (Å²) >= 11 is 0. The van der Waals surface area contributed by atoms with Gasteiger partial charge in [-0.3, -0.25) is 18.2 Å². The predicted octanol–water partition coefficient (Wildman–Crippen LogP) is 0.441. The number of nitrogens with zero attached hydrogens (tertiary/aromatic N) is 8. The molecule has 4 unspecified atom stereocenters. The molecule has 4 aromatic carbocycles. The third-order valence-electron chi connectivity index (χ3n) is 10.1. The number of aliphatic hydroxyl groups is 4. The number of benzene rings is 4. The van der Waals surface area contributed by atoms with E-state index in [1.165, 1.54) is 86.0 Å². The number of anilines is 10. The number of hydrogen-bond acceptors (Lipinski definition) is 24. The Morgan fingerprint density at radius 2 is 0.688 bits per heavy atom. The van der Waals surface area contributed by atoms with Crippen LogP contribution in [-0.2, 0) is 40.5 Å². The van der Waals surface area contributed by atoms with Crippen LogP contribution in [0.4, 0.5) is 58.4 Å². The van der Waals surface area contributed by atoms with Gasteiger partial charge in [-0.15, -0.1) is 0 Å². The van der Waals surface area contributed by atoms with E-state index in [-0.39, 0.29) is 127 Å². The van der Waals surface area contributed by atoms with Crippen LogP contribution in [0.25, 0.3) is 12.2 Å². The largest absolute Gasteiger partial charge is 1.00 e. The average molecular weight is 1160 g/mol. The van der Waals surface area contributed by atoms with Gasteiger partial charge in [-0.2, -0.15) is 63.6 Å². The van der Waals surface area contributed by atoms with Gasteiger partial charge in [0.05, 0.1) is 34.2 Å². The van der Waals surface area contributed by atoms with Gasteiger partial charge in [-0.05, 0) is 112 Å². The number of aromatic nitrogens is 6. The number of aliphatic hydroxyl groups excluding tert-OH is 4. The fraction of sp³-hybridized carbons (Fsp3) is 0.273. The first-order valence-electron chi connectivity index (χ1n) is 22.3. The van der Waals surface area contributed by atoms with Gasteiger partial charge in [0, 0.05) is 48.9 Å². The maximum Gasteiger partial charge on any atom is 1.00 e. The molecule has 0 bridgehead atoms. The third kappa shape index (κ3) is 18.3. The molecule has 0 aliphatic carbocycles. The van der Waals surface area contributed by atoms with Crippen molar-refractivity contribution in [2.24, 2.45) is 0 Å². The van der Waals surface area contributed by atoms with Gasteiger partial charge < -0.3 is 52.9 Å². The molecule has 77 heavy (non-hydrogen) atoms. The zero-order chi connectivity index (χ0) is 55.9. The SMILES string of the molecule is CC(O)CN(CC(C)O)c1nc(Nc2ccc(S(=O)(=O)O)cc2)nc(Nc2ccc(C=Cc3ccc(Nc4nc(Nc5ccc(S(=O)(=O)O)cc5)nc(N(CC(C)O)CC(C)O)n4)cc3S(=O)(=O)O)c(S(=O)(=O)O)c2)n1.[H-].[Na+]. The second-order valence-electron chi connectivity index (χ2n) is 17.1. The zero-order valence-electron chi connectivity index (χ0n) is 42.4. The van der Waals surface area contributed by atoms with Crippen molar-refractivity contribution >= 4 is 111 Å². The van der Waals surface area contributed by atoms with Crippen molar-refractivity contribution in [3.8, 4) is 0 Å². The van der Waals surface area contributed by atoms with E-state index >= 15 is 0 Å². The fourth-order valence-corrected chi connectivity index (χ4v) is 9.43. The normalized spacial score (nSPS) is 13.7. The minimum atomic E-state index is -5.05. The first-order valence-corrected chi connectivity index (χ1v) is 28.0. The maximum atomic E-state index is 12.9. The topological polar surface area (TPSA) is 430 Å². The summed E-state index contributed by atoms with van der Waals surface area (Å²) in [6.07, 6.45) is -1.48. The molecule has 0 fully saturated rings. The summed E-state index contributed by atoms with van der Waals surface area (Å²) in [6, 6.07) is 16.9. The molecule has 6 aromatic rings. The second kappa shape index (κ2) is 25.6. The fourth-order valence-electron chi connectivity index (χ4n) is 7.05. The first-order chi connectivity index (χ1) is 35.4. The van der Waals surface area contributed by atoms with Crippen molar-refractivity contribution in [3.05, 3.63) is 96.1 Å². The molecule has 0 saturated carbocycles. The molecule has 0 aliphatic heterocycles. The van der Waals surface area contributed by atoms with Crippen molar-refractivity contribution in [2.45, 2.75) is 71.7 Å². The zero-order valence-corrected chi connectivity index (χ0v) is 46.7.